The van der Waals surface area contributed by atoms with E-state index in [-0.39, 0.29) is 6.09 Å². The summed E-state index contributed by atoms with van der Waals surface area (Å²) in [6.45, 7) is 12.7. The fourth-order valence-corrected chi connectivity index (χ4v) is 0.326. The van der Waals surface area contributed by atoms with E-state index in [0.29, 0.717) is 13.2 Å². The average molecular weight is 177 g/mol. The summed E-state index contributed by atoms with van der Waals surface area (Å²) in [6, 6.07) is 0. The normalized spacial score (nSPS) is 6.50. The first-order valence-electron chi connectivity index (χ1n) is 4.71. The van der Waals surface area contributed by atoms with E-state index in [1.807, 2.05) is 34.6 Å². The monoisotopic (exact) mass is 177 g/mol. The summed E-state index contributed by atoms with van der Waals surface area (Å²) in [5, 5.41) is 2.49. The highest BCUT2D eigenvalue weighted by atomic mass is 16.5. The maximum Gasteiger partial charge on any atom is 0.407 e. The summed E-state index contributed by atoms with van der Waals surface area (Å²) in [6.07, 6.45) is -0.338. The summed E-state index contributed by atoms with van der Waals surface area (Å²) in [7, 11) is 0. The molecule has 0 fully saturated rings. The van der Waals surface area contributed by atoms with Crippen LogP contribution < -0.4 is 5.32 Å². The van der Waals surface area contributed by atoms with Crippen LogP contribution in [0, 0.1) is 0 Å². The third-order valence-corrected chi connectivity index (χ3v) is 0.597. The summed E-state index contributed by atoms with van der Waals surface area (Å²) < 4.78 is 4.53. The molecule has 0 aromatic heterocycles. The SMILES string of the molecule is CC.CC.CCNC(=O)OCC. The van der Waals surface area contributed by atoms with Crippen LogP contribution >= 0.6 is 0 Å². The zero-order valence-electron chi connectivity index (χ0n) is 9.23. The number of nitrogens with one attached hydrogen (secondary N) is 1. The van der Waals surface area contributed by atoms with Gasteiger partial charge in [0.1, 0.15) is 0 Å². The molecule has 0 saturated carbocycles. The van der Waals surface area contributed by atoms with Crippen LogP contribution in [-0.4, -0.2) is 19.2 Å². The maximum atomic E-state index is 10.3. The first-order valence-corrected chi connectivity index (χ1v) is 4.71. The molecule has 0 aliphatic rings. The third-order valence-electron chi connectivity index (χ3n) is 0.597. The molecule has 0 spiro atoms. The van der Waals surface area contributed by atoms with Crippen molar-refractivity contribution in [1.29, 1.82) is 0 Å². The molecule has 0 saturated heterocycles. The van der Waals surface area contributed by atoms with E-state index in [4.69, 9.17) is 0 Å². The van der Waals surface area contributed by atoms with Crippen molar-refractivity contribution < 1.29 is 9.53 Å². The zero-order chi connectivity index (χ0) is 10.4. The molecule has 0 aliphatic carbocycles. The largest absolute Gasteiger partial charge is 0.450 e. The molecule has 0 aromatic rings. The zero-order valence-corrected chi connectivity index (χ0v) is 9.23. The second-order valence-electron chi connectivity index (χ2n) is 1.25. The number of hydrogen-bond donors (Lipinski definition) is 1. The Balaban J connectivity index is -0.000000175. The average Bonchev–Trinajstić information content (AvgIpc) is 2.12. The highest BCUT2D eigenvalue weighted by Crippen LogP contribution is 1.72. The van der Waals surface area contributed by atoms with Gasteiger partial charge in [0.25, 0.3) is 0 Å². The molecule has 0 atom stereocenters. The standard InChI is InChI=1S/C5H11NO2.2C2H6/c1-3-6-5(7)8-4-2;2*1-2/h3-4H2,1-2H3,(H,6,7);2*1-2H3. The highest BCUT2D eigenvalue weighted by Gasteiger charge is 1.92. The fourth-order valence-electron chi connectivity index (χ4n) is 0.326. The summed E-state index contributed by atoms with van der Waals surface area (Å²) >= 11 is 0. The van der Waals surface area contributed by atoms with Gasteiger partial charge >= 0.3 is 6.09 Å². The van der Waals surface area contributed by atoms with Crippen molar-refractivity contribution in [2.45, 2.75) is 41.5 Å². The molecule has 0 unspecified atom stereocenters. The van der Waals surface area contributed by atoms with Crippen LogP contribution in [0.25, 0.3) is 0 Å². The lowest BCUT2D eigenvalue weighted by molar-refractivity contribution is 0.153. The second-order valence-corrected chi connectivity index (χ2v) is 1.25. The lowest BCUT2D eigenvalue weighted by Crippen LogP contribution is -2.23. The van der Waals surface area contributed by atoms with E-state index < -0.39 is 0 Å². The Hall–Kier alpha value is -0.730. The molecule has 12 heavy (non-hydrogen) atoms. The number of carbonyl (C=O) groups is 1. The van der Waals surface area contributed by atoms with Crippen LogP contribution in [0.2, 0.25) is 0 Å². The van der Waals surface area contributed by atoms with Crippen molar-refractivity contribution in [1.82, 2.24) is 5.32 Å². The molecule has 0 aromatic carbocycles. The fraction of sp³-hybridized carbons (Fsp3) is 0.889. The summed E-state index contributed by atoms with van der Waals surface area (Å²) in [5.74, 6) is 0. The highest BCUT2D eigenvalue weighted by molar-refractivity contribution is 5.66. The van der Waals surface area contributed by atoms with Gasteiger partial charge in [0.05, 0.1) is 6.61 Å². The van der Waals surface area contributed by atoms with Crippen LogP contribution in [0.5, 0.6) is 0 Å². The molecule has 1 amide bonds. The minimum Gasteiger partial charge on any atom is -0.450 e. The maximum absolute atomic E-state index is 10.3. The molecule has 0 radical (unpaired) electrons. The van der Waals surface area contributed by atoms with Gasteiger partial charge in [-0.25, -0.2) is 4.79 Å². The van der Waals surface area contributed by atoms with Crippen LogP contribution in [0.3, 0.4) is 0 Å². The van der Waals surface area contributed by atoms with Gasteiger partial charge in [-0.2, -0.15) is 0 Å². The molecule has 0 bridgehead atoms. The van der Waals surface area contributed by atoms with Gasteiger partial charge in [-0.05, 0) is 13.8 Å². The quantitative estimate of drug-likeness (QED) is 0.704. The predicted octanol–water partition coefficient (Wildman–Crippen LogP) is 2.80. The number of carbonyl (C=O) groups excluding carboxylic acids is 1. The Morgan fingerprint density at radius 3 is 1.83 bits per heavy atom. The molecule has 0 rings (SSSR count). The Kier molecular flexibility index (Phi) is 32.5. The van der Waals surface area contributed by atoms with Crippen LogP contribution in [0.15, 0.2) is 0 Å². The van der Waals surface area contributed by atoms with Gasteiger partial charge in [-0.3, -0.25) is 0 Å². The van der Waals surface area contributed by atoms with E-state index in [1.54, 1.807) is 6.92 Å². The summed E-state index contributed by atoms with van der Waals surface area (Å²) in [4.78, 5) is 10.3. The Morgan fingerprint density at radius 1 is 1.17 bits per heavy atom. The van der Waals surface area contributed by atoms with E-state index in [1.165, 1.54) is 0 Å². The molecule has 76 valence electrons. The number of amides is 1. The van der Waals surface area contributed by atoms with Crippen molar-refractivity contribution in [3.63, 3.8) is 0 Å². The number of rotatable bonds is 2. The van der Waals surface area contributed by atoms with E-state index in [0.717, 1.165) is 0 Å². The van der Waals surface area contributed by atoms with Gasteiger partial charge < -0.3 is 10.1 Å². The van der Waals surface area contributed by atoms with Gasteiger partial charge in [0, 0.05) is 6.54 Å². The van der Waals surface area contributed by atoms with Crippen molar-refractivity contribution >= 4 is 6.09 Å². The second kappa shape index (κ2) is 22.4. The molecule has 3 nitrogen and oxygen atoms in total. The molecule has 0 heterocycles. The Labute approximate surface area is 76.5 Å². The lowest BCUT2D eigenvalue weighted by atomic mass is 10.7. The van der Waals surface area contributed by atoms with Gasteiger partial charge in [0.15, 0.2) is 0 Å². The first kappa shape index (κ1) is 17.4. The first-order chi connectivity index (χ1) is 5.81. The molecular formula is C9H23NO2. The Bertz CT molecular complexity index is 66.9. The van der Waals surface area contributed by atoms with Crippen molar-refractivity contribution in [2.24, 2.45) is 0 Å². The van der Waals surface area contributed by atoms with E-state index in [9.17, 15) is 4.79 Å². The predicted molar refractivity (Wildman–Crippen MR) is 53.4 cm³/mol. The topological polar surface area (TPSA) is 38.3 Å². The van der Waals surface area contributed by atoms with Crippen molar-refractivity contribution in [3.8, 4) is 0 Å². The third kappa shape index (κ3) is 22.8. The van der Waals surface area contributed by atoms with Crippen LogP contribution in [-0.2, 0) is 4.74 Å². The molecule has 3 heteroatoms. The molecule has 1 N–H and O–H groups in total. The van der Waals surface area contributed by atoms with E-state index in [2.05, 4.69) is 10.1 Å². The minimum absolute atomic E-state index is 0.338. The van der Waals surface area contributed by atoms with Gasteiger partial charge in [0.2, 0.25) is 0 Å². The van der Waals surface area contributed by atoms with Crippen LogP contribution in [0.1, 0.15) is 41.5 Å². The molecule has 0 aliphatic heterocycles. The van der Waals surface area contributed by atoms with Crippen molar-refractivity contribution in [2.75, 3.05) is 13.2 Å². The number of hydrogen-bond acceptors (Lipinski definition) is 2. The van der Waals surface area contributed by atoms with Crippen molar-refractivity contribution in [3.05, 3.63) is 0 Å². The summed E-state index contributed by atoms with van der Waals surface area (Å²) in [5.41, 5.74) is 0. The number of alkyl carbamates (subject to hydrolysis) is 1. The van der Waals surface area contributed by atoms with E-state index >= 15 is 0 Å². The Morgan fingerprint density at radius 2 is 1.58 bits per heavy atom. The van der Waals surface area contributed by atoms with Gasteiger partial charge in [-0.15, -0.1) is 0 Å². The smallest absolute Gasteiger partial charge is 0.407 e. The number of ether oxygens (including phenoxy) is 1. The minimum atomic E-state index is -0.338. The molecular weight excluding hydrogens is 154 g/mol. The lowest BCUT2D eigenvalue weighted by Gasteiger charge is -1.99. The van der Waals surface area contributed by atoms with Crippen LogP contribution in [0.4, 0.5) is 4.79 Å². The van der Waals surface area contributed by atoms with Gasteiger partial charge in [-0.1, -0.05) is 27.7 Å².